The smallest absolute Gasteiger partial charge is 0.273 e. The molecule has 3 heterocycles. The molecule has 146 valence electrons. The minimum atomic E-state index is -0.323. The lowest BCUT2D eigenvalue weighted by Gasteiger charge is -2.14. The van der Waals surface area contributed by atoms with Crippen molar-refractivity contribution in [1.82, 2.24) is 9.47 Å². The van der Waals surface area contributed by atoms with Gasteiger partial charge in [0.2, 0.25) is 0 Å². The van der Waals surface area contributed by atoms with Gasteiger partial charge in [-0.25, -0.2) is 0 Å². The Morgan fingerprint density at radius 1 is 1.17 bits per heavy atom. The summed E-state index contributed by atoms with van der Waals surface area (Å²) in [5, 5.41) is 12.3. The van der Waals surface area contributed by atoms with Gasteiger partial charge in [0.15, 0.2) is 5.57 Å². The van der Waals surface area contributed by atoms with Gasteiger partial charge in [-0.2, -0.15) is 5.26 Å². The van der Waals surface area contributed by atoms with Gasteiger partial charge in [0.05, 0.1) is 10.2 Å². The number of amides is 1. The molecule has 5 nitrogen and oxygen atoms in total. The molecule has 1 saturated heterocycles. The molecule has 0 aliphatic carbocycles. The zero-order valence-corrected chi connectivity index (χ0v) is 17.7. The summed E-state index contributed by atoms with van der Waals surface area (Å²) in [6, 6.07) is 12.7. The summed E-state index contributed by atoms with van der Waals surface area (Å²) in [5.74, 6) is -0.323. The lowest BCUT2D eigenvalue weighted by atomic mass is 10.2. The van der Waals surface area contributed by atoms with Gasteiger partial charge in [-0.15, -0.1) is 22.7 Å². The van der Waals surface area contributed by atoms with Crippen molar-refractivity contribution in [1.29, 1.82) is 5.26 Å². The minimum absolute atomic E-state index is 0.00483. The van der Waals surface area contributed by atoms with Crippen molar-refractivity contribution in [3.8, 4) is 11.8 Å². The predicted molar refractivity (Wildman–Crippen MR) is 117 cm³/mol. The highest BCUT2D eigenvalue weighted by Gasteiger charge is 2.24. The fraction of sp³-hybridized carbons (Fsp3) is 0.190. The Labute approximate surface area is 180 Å². The summed E-state index contributed by atoms with van der Waals surface area (Å²) in [6.45, 7) is 1.27. The molecule has 0 spiro atoms. The summed E-state index contributed by atoms with van der Waals surface area (Å²) in [7, 11) is 0. The Kier molecular flexibility index (Phi) is 5.67. The topological polar surface area (TPSA) is 66.1 Å². The number of benzene rings is 1. The van der Waals surface area contributed by atoms with Crippen molar-refractivity contribution in [2.45, 2.75) is 12.8 Å². The van der Waals surface area contributed by atoms with Crippen molar-refractivity contribution in [2.24, 2.45) is 0 Å². The number of nitriles is 1. The quantitative estimate of drug-likeness (QED) is 0.627. The number of hydrogen-bond donors (Lipinski definition) is 0. The van der Waals surface area contributed by atoms with Crippen LogP contribution in [-0.4, -0.2) is 28.5 Å². The highest BCUT2D eigenvalue weighted by molar-refractivity contribution is 7.11. The third-order valence-electron chi connectivity index (χ3n) is 4.66. The molecule has 29 heavy (non-hydrogen) atoms. The van der Waals surface area contributed by atoms with E-state index in [1.807, 2.05) is 17.5 Å². The normalized spacial score (nSPS) is 15.4. The van der Waals surface area contributed by atoms with Crippen LogP contribution in [0.1, 0.15) is 17.7 Å². The molecule has 2 aromatic heterocycles. The molecule has 0 bridgehead atoms. The van der Waals surface area contributed by atoms with Gasteiger partial charge in [-0.05, 0) is 54.6 Å². The van der Waals surface area contributed by atoms with Crippen LogP contribution in [0.3, 0.4) is 0 Å². The fourth-order valence-corrected chi connectivity index (χ4v) is 5.19. The van der Waals surface area contributed by atoms with Gasteiger partial charge in [-0.3, -0.25) is 14.2 Å². The van der Waals surface area contributed by atoms with Crippen LogP contribution < -0.4 is 14.8 Å². The first-order valence-electron chi connectivity index (χ1n) is 9.05. The van der Waals surface area contributed by atoms with E-state index in [1.54, 1.807) is 35.2 Å². The summed E-state index contributed by atoms with van der Waals surface area (Å²) in [4.78, 5) is 28.8. The third-order valence-corrected chi connectivity index (χ3v) is 6.82. The van der Waals surface area contributed by atoms with Gasteiger partial charge < -0.3 is 4.90 Å². The Hall–Kier alpha value is -2.66. The van der Waals surface area contributed by atoms with E-state index in [2.05, 4.69) is 6.07 Å². The lowest BCUT2D eigenvalue weighted by molar-refractivity contribution is -0.123. The van der Waals surface area contributed by atoms with Gasteiger partial charge >= 0.3 is 0 Å². The predicted octanol–water partition coefficient (Wildman–Crippen LogP) is 2.74. The highest BCUT2D eigenvalue weighted by Crippen LogP contribution is 2.14. The molecule has 1 amide bonds. The van der Waals surface area contributed by atoms with Crippen molar-refractivity contribution in [2.75, 3.05) is 13.1 Å². The zero-order chi connectivity index (χ0) is 20.4. The van der Waals surface area contributed by atoms with Crippen LogP contribution in [0.4, 0.5) is 0 Å². The summed E-state index contributed by atoms with van der Waals surface area (Å²) in [6.07, 6.45) is 3.65. The lowest BCUT2D eigenvalue weighted by Crippen LogP contribution is -2.35. The van der Waals surface area contributed by atoms with Crippen LogP contribution >= 0.6 is 34.3 Å². The number of halogens is 1. The maximum atomic E-state index is 13.2. The number of thiophene rings is 1. The number of hydrogen-bond acceptors (Lipinski definition) is 5. The van der Waals surface area contributed by atoms with Crippen LogP contribution in [0.2, 0.25) is 5.02 Å². The average Bonchev–Trinajstić information content (AvgIpc) is 3.47. The van der Waals surface area contributed by atoms with Crippen LogP contribution in [-0.2, 0) is 4.79 Å². The first-order valence-corrected chi connectivity index (χ1v) is 11.1. The molecule has 8 heteroatoms. The zero-order valence-electron chi connectivity index (χ0n) is 15.3. The number of thiazole rings is 1. The van der Waals surface area contributed by atoms with Crippen LogP contribution in [0.15, 0.2) is 46.6 Å². The van der Waals surface area contributed by atoms with Gasteiger partial charge in [-0.1, -0.05) is 17.7 Å². The second kappa shape index (κ2) is 8.37. The van der Waals surface area contributed by atoms with Crippen LogP contribution in [0.5, 0.6) is 0 Å². The first kappa shape index (κ1) is 19.6. The van der Waals surface area contributed by atoms with E-state index in [9.17, 15) is 14.9 Å². The molecule has 0 unspecified atom stereocenters. The number of aromatic nitrogens is 1. The number of likely N-dealkylation sites (tertiary alicyclic amines) is 1. The number of carbonyl (C=O) groups is 1. The summed E-state index contributed by atoms with van der Waals surface area (Å²) < 4.78 is 2.26. The molecule has 0 atom stereocenters. The SMILES string of the molecule is N#CC(C(=O)N1CCCC1)=c1sc(=Cc2cccs2)c(=O)n1-c1ccc(Cl)cc1. The molecule has 0 radical (unpaired) electrons. The van der Waals surface area contributed by atoms with Crippen molar-refractivity contribution in [3.05, 3.63) is 71.2 Å². The van der Waals surface area contributed by atoms with E-state index in [0.717, 1.165) is 29.1 Å². The third kappa shape index (κ3) is 3.92. The second-order valence-electron chi connectivity index (χ2n) is 6.53. The molecule has 1 aliphatic heterocycles. The molecule has 1 aromatic carbocycles. The van der Waals surface area contributed by atoms with Crippen molar-refractivity contribution >= 4 is 51.8 Å². The van der Waals surface area contributed by atoms with Gasteiger partial charge in [0, 0.05) is 23.0 Å². The number of nitrogens with zero attached hydrogens (tertiary/aromatic N) is 3. The molecule has 1 fully saturated rings. The van der Waals surface area contributed by atoms with Crippen molar-refractivity contribution < 1.29 is 4.79 Å². The Bertz CT molecular complexity index is 1260. The van der Waals surface area contributed by atoms with Crippen LogP contribution in [0.25, 0.3) is 17.3 Å². The van der Waals surface area contributed by atoms with Gasteiger partial charge in [0.1, 0.15) is 10.7 Å². The maximum absolute atomic E-state index is 13.2. The Morgan fingerprint density at radius 3 is 2.52 bits per heavy atom. The number of rotatable bonds is 3. The minimum Gasteiger partial charge on any atom is -0.338 e. The standard InChI is InChI=1S/C21H16ClN3O2S2/c22-14-5-7-15(8-6-14)25-20(27)18(12-16-4-3-11-28-16)29-21(25)17(13-23)19(26)24-9-1-2-10-24/h3-8,11-12H,1-2,9-10H2. The van der Waals surface area contributed by atoms with Gasteiger partial charge in [0.25, 0.3) is 11.5 Å². The summed E-state index contributed by atoms with van der Waals surface area (Å²) >= 11 is 8.68. The van der Waals surface area contributed by atoms with E-state index in [4.69, 9.17) is 11.6 Å². The second-order valence-corrected chi connectivity index (χ2v) is 8.98. The van der Waals surface area contributed by atoms with E-state index in [1.165, 1.54) is 15.9 Å². The van der Waals surface area contributed by atoms with E-state index < -0.39 is 0 Å². The molecule has 1 aliphatic rings. The monoisotopic (exact) mass is 441 g/mol. The Balaban J connectivity index is 2.01. The Morgan fingerprint density at radius 2 is 1.90 bits per heavy atom. The molecule has 3 aromatic rings. The average molecular weight is 442 g/mol. The highest BCUT2D eigenvalue weighted by atomic mass is 35.5. The maximum Gasteiger partial charge on any atom is 0.273 e. The van der Waals surface area contributed by atoms with Crippen molar-refractivity contribution in [3.63, 3.8) is 0 Å². The molecule has 4 rings (SSSR count). The summed E-state index contributed by atoms with van der Waals surface area (Å²) in [5.41, 5.74) is 0.302. The number of carbonyl (C=O) groups excluding carboxylic acids is 1. The molecular formula is C21H16ClN3O2S2. The largest absolute Gasteiger partial charge is 0.338 e. The first-order chi connectivity index (χ1) is 14.1. The van der Waals surface area contributed by atoms with E-state index in [-0.39, 0.29) is 17.0 Å². The van der Waals surface area contributed by atoms with E-state index in [0.29, 0.717) is 33.0 Å². The fourth-order valence-electron chi connectivity index (χ4n) is 3.24. The molecule has 0 N–H and O–H groups in total. The van der Waals surface area contributed by atoms with E-state index >= 15 is 0 Å². The van der Waals surface area contributed by atoms with Crippen LogP contribution in [0, 0.1) is 11.3 Å². The molecular weight excluding hydrogens is 426 g/mol. The molecule has 0 saturated carbocycles.